The SMILES string of the molecule is Oc1cc2ccccc2c(C=NC2(N=Cc3c(O)c(O)cc4ccccc34)c3cccc(Br)c3-c3c(Br)cccc32)c1O. The molecule has 6 aromatic carbocycles. The van der Waals surface area contributed by atoms with Crippen molar-refractivity contribution in [3.05, 3.63) is 128 Å². The Kier molecular flexibility index (Phi) is 6.49. The maximum atomic E-state index is 11.0. The van der Waals surface area contributed by atoms with Crippen LogP contribution >= 0.6 is 31.9 Å². The zero-order valence-corrected chi connectivity index (χ0v) is 25.5. The van der Waals surface area contributed by atoms with E-state index in [-0.39, 0.29) is 23.0 Å². The van der Waals surface area contributed by atoms with Crippen molar-refractivity contribution in [2.45, 2.75) is 5.66 Å². The molecule has 4 N–H and O–H groups in total. The first-order valence-corrected chi connectivity index (χ1v) is 14.9. The van der Waals surface area contributed by atoms with E-state index in [2.05, 4.69) is 31.9 Å². The summed E-state index contributed by atoms with van der Waals surface area (Å²) in [5.74, 6) is -1.10. The fraction of sp³-hybridized carbons (Fsp3) is 0.0286. The van der Waals surface area contributed by atoms with E-state index in [1.165, 1.54) is 24.6 Å². The van der Waals surface area contributed by atoms with E-state index in [0.29, 0.717) is 21.9 Å². The van der Waals surface area contributed by atoms with Gasteiger partial charge in [0.15, 0.2) is 23.0 Å². The molecule has 8 heteroatoms. The third-order valence-electron chi connectivity index (χ3n) is 7.87. The van der Waals surface area contributed by atoms with Crippen LogP contribution in [0.4, 0.5) is 0 Å². The fourth-order valence-corrected chi connectivity index (χ4v) is 7.00. The highest BCUT2D eigenvalue weighted by Crippen LogP contribution is 2.55. The average Bonchev–Trinajstić information content (AvgIpc) is 3.29. The van der Waals surface area contributed by atoms with Gasteiger partial charge < -0.3 is 20.4 Å². The number of fused-ring (bicyclic) bond motifs is 5. The summed E-state index contributed by atoms with van der Waals surface area (Å²) in [6.45, 7) is 0. The molecule has 0 aromatic heterocycles. The van der Waals surface area contributed by atoms with Crippen molar-refractivity contribution in [1.82, 2.24) is 0 Å². The number of halogens is 2. The first kappa shape index (κ1) is 27.2. The summed E-state index contributed by atoms with van der Waals surface area (Å²) < 4.78 is 1.70. The highest BCUT2D eigenvalue weighted by atomic mass is 79.9. The highest BCUT2D eigenvalue weighted by Gasteiger charge is 2.44. The molecule has 210 valence electrons. The lowest BCUT2D eigenvalue weighted by Gasteiger charge is -2.24. The Morgan fingerprint density at radius 2 is 0.953 bits per heavy atom. The molecule has 7 rings (SSSR count). The van der Waals surface area contributed by atoms with E-state index in [0.717, 1.165) is 42.0 Å². The average molecular weight is 694 g/mol. The van der Waals surface area contributed by atoms with Gasteiger partial charge in [0.1, 0.15) is 0 Å². The minimum absolute atomic E-state index is 0.258. The molecule has 0 saturated heterocycles. The standard InChI is InChI=1S/C35H22Br2N2O4/c36-27-13-5-11-25-31(27)32-26(12-6-14-28(32)37)35(25,38-17-23-21-9-3-1-7-19(21)15-29(40)33(23)42)39-18-24-22-10-4-2-8-20(22)16-30(41)34(24)43/h1-18,40-43H. The Morgan fingerprint density at radius 1 is 0.535 bits per heavy atom. The van der Waals surface area contributed by atoms with Gasteiger partial charge in [-0.15, -0.1) is 0 Å². The molecule has 1 aliphatic carbocycles. The van der Waals surface area contributed by atoms with Crippen molar-refractivity contribution >= 4 is 65.8 Å². The lowest BCUT2D eigenvalue weighted by molar-refractivity contribution is 0.404. The van der Waals surface area contributed by atoms with Gasteiger partial charge in [0, 0.05) is 54.8 Å². The monoisotopic (exact) mass is 692 g/mol. The van der Waals surface area contributed by atoms with Crippen molar-refractivity contribution in [1.29, 1.82) is 0 Å². The van der Waals surface area contributed by atoms with E-state index >= 15 is 0 Å². The summed E-state index contributed by atoms with van der Waals surface area (Å²) in [6, 6.07) is 29.5. The van der Waals surface area contributed by atoms with Crippen LogP contribution in [-0.2, 0) is 5.66 Å². The molecule has 0 amide bonds. The number of aliphatic imine (C=N–C) groups is 2. The smallest absolute Gasteiger partial charge is 0.202 e. The fourth-order valence-electron chi connectivity index (χ4n) is 5.87. The van der Waals surface area contributed by atoms with Gasteiger partial charge in [0.05, 0.1) is 0 Å². The summed E-state index contributed by atoms with van der Waals surface area (Å²) in [6.07, 6.45) is 3.08. The molecule has 0 unspecified atom stereocenters. The number of aromatic hydroxyl groups is 4. The van der Waals surface area contributed by atoms with E-state index < -0.39 is 5.66 Å². The Balaban J connectivity index is 1.55. The third kappa shape index (κ3) is 4.20. The molecular weight excluding hydrogens is 672 g/mol. The second-order valence-electron chi connectivity index (χ2n) is 10.3. The molecule has 0 bridgehead atoms. The number of phenols is 4. The number of phenolic OH excluding ortho intramolecular Hbond substituents is 4. The van der Waals surface area contributed by atoms with Crippen molar-refractivity contribution in [2.75, 3.05) is 0 Å². The van der Waals surface area contributed by atoms with Gasteiger partial charge in [-0.2, -0.15) is 0 Å². The molecule has 0 spiro atoms. The zero-order chi connectivity index (χ0) is 29.9. The third-order valence-corrected chi connectivity index (χ3v) is 9.19. The molecule has 43 heavy (non-hydrogen) atoms. The molecule has 0 fully saturated rings. The Hall–Kier alpha value is -4.66. The molecule has 0 heterocycles. The molecule has 0 atom stereocenters. The number of nitrogens with zero attached hydrogens (tertiary/aromatic N) is 2. The van der Waals surface area contributed by atoms with Gasteiger partial charge in [-0.05, 0) is 45.8 Å². The Labute approximate surface area is 263 Å². The molecule has 0 saturated carbocycles. The minimum Gasteiger partial charge on any atom is -0.504 e. The van der Waals surface area contributed by atoms with Crippen LogP contribution in [0.1, 0.15) is 22.3 Å². The number of benzene rings is 6. The first-order valence-electron chi connectivity index (χ1n) is 13.4. The van der Waals surface area contributed by atoms with Crippen molar-refractivity contribution in [3.8, 4) is 34.1 Å². The molecule has 0 radical (unpaired) electrons. The van der Waals surface area contributed by atoms with Gasteiger partial charge in [-0.25, -0.2) is 0 Å². The van der Waals surface area contributed by atoms with Gasteiger partial charge in [-0.3, -0.25) is 9.98 Å². The number of rotatable bonds is 4. The van der Waals surface area contributed by atoms with Crippen LogP contribution in [0.3, 0.4) is 0 Å². The summed E-state index contributed by atoms with van der Waals surface area (Å²) in [4.78, 5) is 10.2. The Morgan fingerprint density at radius 3 is 1.40 bits per heavy atom. The van der Waals surface area contributed by atoms with Gasteiger partial charge in [0.2, 0.25) is 5.66 Å². The molecule has 6 aromatic rings. The largest absolute Gasteiger partial charge is 0.504 e. The molecule has 1 aliphatic rings. The molecule has 6 nitrogen and oxygen atoms in total. The van der Waals surface area contributed by atoms with Crippen molar-refractivity contribution in [2.24, 2.45) is 9.98 Å². The first-order chi connectivity index (χ1) is 20.8. The second-order valence-corrected chi connectivity index (χ2v) is 12.0. The zero-order valence-electron chi connectivity index (χ0n) is 22.3. The van der Waals surface area contributed by atoms with Crippen LogP contribution in [-0.4, -0.2) is 32.9 Å². The van der Waals surface area contributed by atoms with Gasteiger partial charge in [-0.1, -0.05) is 105 Å². The normalized spacial score (nSPS) is 13.7. The lowest BCUT2D eigenvalue weighted by atomic mass is 9.97. The lowest BCUT2D eigenvalue weighted by Crippen LogP contribution is -2.21. The summed E-state index contributed by atoms with van der Waals surface area (Å²) in [7, 11) is 0. The van der Waals surface area contributed by atoms with Gasteiger partial charge >= 0.3 is 0 Å². The van der Waals surface area contributed by atoms with E-state index in [1.807, 2.05) is 84.9 Å². The molecular formula is C35H22Br2N2O4. The topological polar surface area (TPSA) is 106 Å². The van der Waals surface area contributed by atoms with Crippen LogP contribution < -0.4 is 0 Å². The van der Waals surface area contributed by atoms with Crippen molar-refractivity contribution < 1.29 is 20.4 Å². The predicted octanol–water partition coefficient (Wildman–Crippen LogP) is 8.76. The highest BCUT2D eigenvalue weighted by molar-refractivity contribution is 9.11. The summed E-state index contributed by atoms with van der Waals surface area (Å²) in [5.41, 5.74) is 2.65. The van der Waals surface area contributed by atoms with Gasteiger partial charge in [0.25, 0.3) is 0 Å². The summed E-state index contributed by atoms with van der Waals surface area (Å²) in [5, 5.41) is 45.9. The van der Waals surface area contributed by atoms with Crippen LogP contribution in [0.5, 0.6) is 23.0 Å². The number of hydrogen-bond acceptors (Lipinski definition) is 6. The van der Waals surface area contributed by atoms with Crippen molar-refractivity contribution in [3.63, 3.8) is 0 Å². The van der Waals surface area contributed by atoms with Crippen LogP contribution in [0.15, 0.2) is 116 Å². The summed E-state index contributed by atoms with van der Waals surface area (Å²) >= 11 is 7.46. The quantitative estimate of drug-likeness (QED) is 0.109. The second kappa shape index (κ2) is 10.3. The van der Waals surface area contributed by atoms with E-state index in [1.54, 1.807) is 0 Å². The maximum absolute atomic E-state index is 11.0. The molecule has 0 aliphatic heterocycles. The minimum atomic E-state index is -1.36. The van der Waals surface area contributed by atoms with E-state index in [4.69, 9.17) is 9.98 Å². The maximum Gasteiger partial charge on any atom is 0.202 e. The van der Waals surface area contributed by atoms with Crippen LogP contribution in [0.25, 0.3) is 32.7 Å². The Bertz CT molecular complexity index is 2020. The van der Waals surface area contributed by atoms with E-state index in [9.17, 15) is 20.4 Å². The predicted molar refractivity (Wildman–Crippen MR) is 178 cm³/mol. The van der Waals surface area contributed by atoms with Crippen LogP contribution in [0, 0.1) is 0 Å². The van der Waals surface area contributed by atoms with Crippen LogP contribution in [0.2, 0.25) is 0 Å². The number of hydrogen-bond donors (Lipinski definition) is 4.